The van der Waals surface area contributed by atoms with Crippen molar-refractivity contribution in [3.8, 4) is 11.5 Å². The van der Waals surface area contributed by atoms with Crippen molar-refractivity contribution >= 4 is 24.2 Å². The summed E-state index contributed by atoms with van der Waals surface area (Å²) < 4.78 is 10.4. The summed E-state index contributed by atoms with van der Waals surface area (Å²) in [4.78, 5) is 27.5. The molecule has 0 aliphatic carbocycles. The van der Waals surface area contributed by atoms with E-state index in [0.717, 1.165) is 23.3 Å². The molecule has 2 atom stereocenters. The number of nitrogens with zero attached hydrogens (tertiary/aromatic N) is 1. The van der Waals surface area contributed by atoms with Crippen LogP contribution < -0.4 is 9.47 Å². The second kappa shape index (κ2) is 10.8. The molecule has 0 radical (unpaired) electrons. The van der Waals surface area contributed by atoms with Gasteiger partial charge in [0.1, 0.15) is 17.5 Å². The average Bonchev–Trinajstić information content (AvgIpc) is 2.73. The highest BCUT2D eigenvalue weighted by atomic mass is 16.5. The number of methoxy groups -OCH3 is 1. The summed E-state index contributed by atoms with van der Waals surface area (Å²) in [6.45, 7) is 3.79. The van der Waals surface area contributed by atoms with Crippen LogP contribution in [0.1, 0.15) is 31.4 Å². The molecule has 2 aromatic rings. The number of carbonyl (C=O) groups is 2. The first kappa shape index (κ1) is 21.9. The van der Waals surface area contributed by atoms with Crippen LogP contribution >= 0.6 is 0 Å². The first-order valence-corrected chi connectivity index (χ1v) is 9.33. The molecule has 152 valence electrons. The maximum absolute atomic E-state index is 12.0. The monoisotopic (exact) mass is 395 g/mol. The lowest BCUT2D eigenvalue weighted by Crippen LogP contribution is -2.25. The van der Waals surface area contributed by atoms with E-state index < -0.39 is 18.0 Å². The van der Waals surface area contributed by atoms with Crippen molar-refractivity contribution in [1.29, 1.82) is 0 Å². The van der Waals surface area contributed by atoms with Gasteiger partial charge in [-0.25, -0.2) is 9.59 Å². The standard InChI is InChI=1S/C23H25NO5/c1-4-16(2)22(23(26)27)24-15-18-7-12-20(13-8-18)29-21(25)14-9-17-5-10-19(28-3)11-6-17/h5-16,22H,4H2,1-3H3,(H,26,27)/b14-9+,24-15+. The van der Waals surface area contributed by atoms with Gasteiger partial charge in [0, 0.05) is 12.3 Å². The van der Waals surface area contributed by atoms with E-state index in [1.54, 1.807) is 49.6 Å². The van der Waals surface area contributed by atoms with Gasteiger partial charge in [0.25, 0.3) is 0 Å². The van der Waals surface area contributed by atoms with Gasteiger partial charge in [0.15, 0.2) is 0 Å². The SMILES string of the molecule is CCC(C)C(/N=C/c1ccc(OC(=O)/C=C/c2ccc(OC)cc2)cc1)C(=O)O. The van der Waals surface area contributed by atoms with E-state index in [0.29, 0.717) is 5.75 Å². The Morgan fingerprint density at radius 1 is 1.03 bits per heavy atom. The van der Waals surface area contributed by atoms with E-state index in [9.17, 15) is 14.7 Å². The molecule has 0 aromatic heterocycles. The third kappa shape index (κ3) is 6.92. The van der Waals surface area contributed by atoms with E-state index in [4.69, 9.17) is 9.47 Å². The summed E-state index contributed by atoms with van der Waals surface area (Å²) in [5.74, 6) is -0.355. The zero-order valence-electron chi connectivity index (χ0n) is 16.7. The number of ether oxygens (including phenoxy) is 2. The molecular formula is C23H25NO5. The lowest BCUT2D eigenvalue weighted by atomic mass is 10.00. The zero-order valence-corrected chi connectivity index (χ0v) is 16.7. The number of esters is 1. The number of benzene rings is 2. The zero-order chi connectivity index (χ0) is 21.2. The number of aliphatic imine (C=N–C) groups is 1. The second-order valence-corrected chi connectivity index (χ2v) is 6.54. The van der Waals surface area contributed by atoms with Crippen LogP contribution in [0.25, 0.3) is 6.08 Å². The number of carboxylic acid groups (broad SMARTS) is 1. The first-order chi connectivity index (χ1) is 13.9. The molecule has 0 bridgehead atoms. The highest BCUT2D eigenvalue weighted by molar-refractivity contribution is 5.89. The van der Waals surface area contributed by atoms with Gasteiger partial charge in [-0.05, 0) is 59.5 Å². The maximum Gasteiger partial charge on any atom is 0.336 e. The van der Waals surface area contributed by atoms with Crippen molar-refractivity contribution in [3.63, 3.8) is 0 Å². The third-order valence-corrected chi connectivity index (χ3v) is 4.45. The quantitative estimate of drug-likeness (QED) is 0.297. The second-order valence-electron chi connectivity index (χ2n) is 6.54. The molecule has 0 amide bonds. The lowest BCUT2D eigenvalue weighted by Gasteiger charge is -2.13. The van der Waals surface area contributed by atoms with Gasteiger partial charge in [-0.3, -0.25) is 4.99 Å². The third-order valence-electron chi connectivity index (χ3n) is 4.45. The van der Waals surface area contributed by atoms with Crippen molar-refractivity contribution in [1.82, 2.24) is 0 Å². The van der Waals surface area contributed by atoms with Crippen LogP contribution in [0.5, 0.6) is 11.5 Å². The minimum absolute atomic E-state index is 0.0542. The van der Waals surface area contributed by atoms with Gasteiger partial charge in [-0.1, -0.05) is 32.4 Å². The molecule has 0 aliphatic rings. The number of carboxylic acids is 1. The Morgan fingerprint density at radius 3 is 2.17 bits per heavy atom. The summed E-state index contributed by atoms with van der Waals surface area (Å²) in [7, 11) is 1.59. The van der Waals surface area contributed by atoms with E-state index in [2.05, 4.69) is 4.99 Å². The van der Waals surface area contributed by atoms with Crippen molar-refractivity contribution in [2.45, 2.75) is 26.3 Å². The summed E-state index contributed by atoms with van der Waals surface area (Å²) in [6.07, 6.45) is 5.26. The first-order valence-electron chi connectivity index (χ1n) is 9.33. The van der Waals surface area contributed by atoms with E-state index >= 15 is 0 Å². The van der Waals surface area contributed by atoms with Gasteiger partial charge in [-0.15, -0.1) is 0 Å². The lowest BCUT2D eigenvalue weighted by molar-refractivity contribution is -0.139. The van der Waals surface area contributed by atoms with E-state index in [1.165, 1.54) is 12.3 Å². The largest absolute Gasteiger partial charge is 0.497 e. The van der Waals surface area contributed by atoms with Crippen molar-refractivity contribution < 1.29 is 24.2 Å². The predicted molar refractivity (Wildman–Crippen MR) is 113 cm³/mol. The molecular weight excluding hydrogens is 370 g/mol. The molecule has 0 fully saturated rings. The van der Waals surface area contributed by atoms with Crippen LogP contribution in [-0.2, 0) is 9.59 Å². The number of rotatable bonds is 9. The number of hydrogen-bond donors (Lipinski definition) is 1. The van der Waals surface area contributed by atoms with Gasteiger partial charge in [-0.2, -0.15) is 0 Å². The van der Waals surface area contributed by atoms with Crippen LogP contribution in [-0.4, -0.2) is 36.4 Å². The molecule has 6 nitrogen and oxygen atoms in total. The Bertz CT molecular complexity index is 869. The summed E-state index contributed by atoms with van der Waals surface area (Å²) in [6, 6.07) is 13.2. The van der Waals surface area contributed by atoms with Crippen molar-refractivity contribution in [2.75, 3.05) is 7.11 Å². The molecule has 0 aliphatic heterocycles. The van der Waals surface area contributed by atoms with Gasteiger partial charge < -0.3 is 14.6 Å². The maximum atomic E-state index is 12.0. The van der Waals surface area contributed by atoms with Gasteiger partial charge in [0.2, 0.25) is 0 Å². The van der Waals surface area contributed by atoms with Crippen molar-refractivity contribution in [3.05, 3.63) is 65.7 Å². The summed E-state index contributed by atoms with van der Waals surface area (Å²) in [5, 5.41) is 9.27. The van der Waals surface area contributed by atoms with Crippen LogP contribution in [0.3, 0.4) is 0 Å². The number of hydrogen-bond acceptors (Lipinski definition) is 5. The molecule has 2 aromatic carbocycles. The molecule has 0 saturated heterocycles. The fraction of sp³-hybridized carbons (Fsp3) is 0.261. The summed E-state index contributed by atoms with van der Waals surface area (Å²) >= 11 is 0. The number of aliphatic carboxylic acids is 1. The molecule has 2 unspecified atom stereocenters. The van der Waals surface area contributed by atoms with E-state index in [-0.39, 0.29) is 5.92 Å². The Kier molecular flexibility index (Phi) is 8.15. The van der Waals surface area contributed by atoms with Crippen LogP contribution in [0, 0.1) is 5.92 Å². The fourth-order valence-electron chi connectivity index (χ4n) is 2.50. The topological polar surface area (TPSA) is 85.2 Å². The predicted octanol–water partition coefficient (Wildman–Crippen LogP) is 4.23. The van der Waals surface area contributed by atoms with Crippen LogP contribution in [0.4, 0.5) is 0 Å². The fourth-order valence-corrected chi connectivity index (χ4v) is 2.50. The van der Waals surface area contributed by atoms with E-state index in [1.807, 2.05) is 26.0 Å². The molecule has 2 rings (SSSR count). The Balaban J connectivity index is 1.95. The molecule has 1 N–H and O–H groups in total. The Morgan fingerprint density at radius 2 is 1.62 bits per heavy atom. The van der Waals surface area contributed by atoms with Gasteiger partial charge in [0.05, 0.1) is 7.11 Å². The average molecular weight is 395 g/mol. The molecule has 29 heavy (non-hydrogen) atoms. The normalized spacial score (nSPS) is 13.3. The molecule has 0 saturated carbocycles. The molecule has 0 spiro atoms. The minimum atomic E-state index is -0.940. The Hall–Kier alpha value is -3.41. The van der Waals surface area contributed by atoms with Gasteiger partial charge >= 0.3 is 11.9 Å². The molecule has 6 heteroatoms. The highest BCUT2D eigenvalue weighted by Crippen LogP contribution is 2.15. The molecule has 0 heterocycles. The van der Waals surface area contributed by atoms with Crippen LogP contribution in [0.15, 0.2) is 59.6 Å². The minimum Gasteiger partial charge on any atom is -0.497 e. The van der Waals surface area contributed by atoms with Crippen LogP contribution in [0.2, 0.25) is 0 Å². The summed E-state index contributed by atoms with van der Waals surface area (Å²) in [5.41, 5.74) is 1.58. The van der Waals surface area contributed by atoms with Crippen molar-refractivity contribution in [2.24, 2.45) is 10.9 Å². The smallest absolute Gasteiger partial charge is 0.336 e. The highest BCUT2D eigenvalue weighted by Gasteiger charge is 2.21. The Labute approximate surface area is 170 Å². The number of carbonyl (C=O) groups excluding carboxylic acids is 1.